The van der Waals surface area contributed by atoms with Crippen molar-refractivity contribution in [3.63, 3.8) is 0 Å². The fourth-order valence-corrected chi connectivity index (χ4v) is 0. The maximum absolute atomic E-state index is 8.52. The Labute approximate surface area is 205 Å². The first-order valence-electron chi connectivity index (χ1n) is 1.84. The Morgan fingerprint density at radius 1 is 0.562 bits per heavy atom. The van der Waals surface area contributed by atoms with Crippen molar-refractivity contribution >= 4 is 62.2 Å². The van der Waals surface area contributed by atoms with Crippen molar-refractivity contribution in [2.45, 2.75) is 0 Å². The van der Waals surface area contributed by atoms with E-state index in [1.807, 2.05) is 0 Å². The fourth-order valence-electron chi connectivity index (χ4n) is 0. The van der Waals surface area contributed by atoms with E-state index in [1.165, 1.54) is 0 Å². The Balaban J connectivity index is -0.00000000827. The molecule has 0 spiro atoms. The van der Waals surface area contributed by atoms with Crippen molar-refractivity contribution in [1.82, 2.24) is 0 Å². The summed E-state index contributed by atoms with van der Waals surface area (Å²) in [6, 6.07) is 0. The van der Waals surface area contributed by atoms with Crippen LogP contribution in [0, 0.1) is 0 Å². The minimum absolute atomic E-state index is 0. The number of hydrogen-bond donors (Lipinski definition) is 0. The molecule has 0 atom stereocenters. The third kappa shape index (κ3) is 443. The first-order chi connectivity index (χ1) is 5.20. The van der Waals surface area contributed by atoms with E-state index in [0.29, 0.717) is 0 Å². The van der Waals surface area contributed by atoms with Crippen LogP contribution in [0.1, 0.15) is 2.85 Å². The van der Waals surface area contributed by atoms with Crippen molar-refractivity contribution in [1.29, 1.82) is 0 Å². The van der Waals surface area contributed by atoms with Gasteiger partial charge in [-0.1, -0.05) is 0 Å². The molecule has 0 aliphatic carbocycles. The molecule has 9 nitrogen and oxygen atoms in total. The van der Waals surface area contributed by atoms with Gasteiger partial charge in [0.15, 0.2) is 0 Å². The van der Waals surface area contributed by atoms with Crippen LogP contribution in [0.25, 0.3) is 0 Å². The molecular weight excluding hydrogens is 360 g/mol. The predicted molar refractivity (Wildman–Crippen MR) is 33.1 cm³/mol. The maximum atomic E-state index is 8.52. The largest absolute Gasteiger partial charge is 3.00 e. The van der Waals surface area contributed by atoms with E-state index in [9.17, 15) is 0 Å². The molecule has 0 aromatic carbocycles. The van der Waals surface area contributed by atoms with Crippen LogP contribution in [0.5, 0.6) is 0 Å². The second kappa shape index (κ2) is 36.2. The van der Waals surface area contributed by atoms with Gasteiger partial charge in [0.2, 0.25) is 0 Å². The minimum atomic E-state index is -3.63. The predicted octanol–water partition coefficient (Wildman–Crippen LogP) is -15.2. The molecule has 0 heterocycles. The molecule has 0 saturated heterocycles. The Bertz CT molecular complexity index is 133. The van der Waals surface area contributed by atoms with Gasteiger partial charge in [0.1, 0.15) is 0 Å². The second-order valence-corrected chi connectivity index (χ2v) is 2.25. The zero-order valence-electron chi connectivity index (χ0n) is 10.3. The van der Waals surface area contributed by atoms with Crippen LogP contribution < -0.4 is 132 Å². The Kier molecular flexibility index (Phi) is 96.6. The molecule has 76 valence electrons. The van der Waals surface area contributed by atoms with Crippen molar-refractivity contribution in [3.05, 3.63) is 0 Å². The summed E-state index contributed by atoms with van der Waals surface area (Å²) in [5.41, 5.74) is 0. The van der Waals surface area contributed by atoms with E-state index >= 15 is 0 Å². The van der Waals surface area contributed by atoms with Gasteiger partial charge in [-0.25, -0.2) is 0 Å². The van der Waals surface area contributed by atoms with E-state index in [4.69, 9.17) is 42.2 Å². The molecule has 0 amide bonds. The topological polar surface area (TPSA) is 190 Å². The smallest absolute Gasteiger partial charge is 1.00 e. The van der Waals surface area contributed by atoms with Crippen molar-refractivity contribution < 1.29 is 148 Å². The van der Waals surface area contributed by atoms with Gasteiger partial charge in [0, 0.05) is 27.5 Å². The molecule has 16 heteroatoms. The Morgan fingerprint density at radius 3 is 0.562 bits per heavy atom. The SMILES string of the molecule is O=[Si]([O-])[O-].O=[Si]([O-])[O-].O=[Si]([O-])[O-].[Al+3].[Al+3].[H-].[H-].[K+].[K+]. The van der Waals surface area contributed by atoms with Crippen LogP contribution in [0.15, 0.2) is 0 Å². The normalized spacial score (nSPS) is 4.50. The van der Waals surface area contributed by atoms with Crippen molar-refractivity contribution in [3.8, 4) is 0 Å². The van der Waals surface area contributed by atoms with E-state index < -0.39 is 27.5 Å². The summed E-state index contributed by atoms with van der Waals surface area (Å²) in [5.74, 6) is 0. The third-order valence-electron chi connectivity index (χ3n) is 0. The standard InChI is InChI=1S/2Al.2K.3O3Si.2H/c;;;;3*1-4(2)3;;/q2*+3;2*+1;3*-2;2*-1. The molecule has 0 radical (unpaired) electrons. The first-order valence-corrected chi connectivity index (χ1v) is 5.51. The van der Waals surface area contributed by atoms with Gasteiger partial charge in [-0.15, -0.1) is 0 Å². The summed E-state index contributed by atoms with van der Waals surface area (Å²) >= 11 is 0. The van der Waals surface area contributed by atoms with Crippen LogP contribution in [0.4, 0.5) is 0 Å². The Hall–Kier alpha value is 3.19. The first kappa shape index (κ1) is 42.7. The molecule has 0 aliphatic heterocycles. The van der Waals surface area contributed by atoms with Crippen LogP contribution in [-0.2, 0) is 13.4 Å². The quantitative estimate of drug-likeness (QED) is 0.376. The van der Waals surface area contributed by atoms with Crippen LogP contribution in [0.3, 0.4) is 0 Å². The average Bonchev–Trinajstić information content (AvgIpc) is 1.54. The molecule has 0 aromatic heterocycles. The molecule has 0 rings (SSSR count). The molecular formula is H2Al2K2O9Si3. The molecule has 0 aliphatic rings. The summed E-state index contributed by atoms with van der Waals surface area (Å²) in [4.78, 5) is 51.1. The van der Waals surface area contributed by atoms with Crippen molar-refractivity contribution in [2.75, 3.05) is 0 Å². The van der Waals surface area contributed by atoms with Crippen molar-refractivity contribution in [2.24, 2.45) is 0 Å². The number of rotatable bonds is 0. The van der Waals surface area contributed by atoms with E-state index in [2.05, 4.69) is 0 Å². The average molecular weight is 362 g/mol. The molecule has 0 saturated carbocycles. The van der Waals surface area contributed by atoms with Crippen LogP contribution >= 0.6 is 0 Å². The second-order valence-electron chi connectivity index (χ2n) is 0.750. The molecule has 0 unspecified atom stereocenters. The minimum Gasteiger partial charge on any atom is -1.00 e. The Morgan fingerprint density at radius 2 is 0.562 bits per heavy atom. The molecule has 0 N–H and O–H groups in total. The molecule has 0 aromatic rings. The van der Waals surface area contributed by atoms with Crippen LogP contribution in [-0.4, -0.2) is 62.2 Å². The van der Waals surface area contributed by atoms with Gasteiger partial charge in [-0.05, 0) is 0 Å². The van der Waals surface area contributed by atoms with Gasteiger partial charge in [-0.2, -0.15) is 0 Å². The van der Waals surface area contributed by atoms with Gasteiger partial charge >= 0.3 is 137 Å². The third-order valence-corrected chi connectivity index (χ3v) is 0. The molecule has 0 bridgehead atoms. The zero-order valence-corrected chi connectivity index (χ0v) is 19.9. The van der Waals surface area contributed by atoms with E-state index in [1.54, 1.807) is 0 Å². The van der Waals surface area contributed by atoms with E-state index in [-0.39, 0.29) is 140 Å². The van der Waals surface area contributed by atoms with Gasteiger partial charge < -0.3 is 45.0 Å². The van der Waals surface area contributed by atoms with Gasteiger partial charge in [0.25, 0.3) is 0 Å². The number of hydrogen-bond acceptors (Lipinski definition) is 9. The van der Waals surface area contributed by atoms with Gasteiger partial charge in [-0.3, -0.25) is 0 Å². The van der Waals surface area contributed by atoms with E-state index in [0.717, 1.165) is 0 Å². The van der Waals surface area contributed by atoms with Crippen LogP contribution in [0.2, 0.25) is 0 Å². The summed E-state index contributed by atoms with van der Waals surface area (Å²) in [6.07, 6.45) is 0. The molecule has 16 heavy (non-hydrogen) atoms. The van der Waals surface area contributed by atoms with Gasteiger partial charge in [0.05, 0.1) is 0 Å². The summed E-state index contributed by atoms with van der Waals surface area (Å²) in [5, 5.41) is 0. The fraction of sp³-hybridized carbons (Fsp3) is 0. The summed E-state index contributed by atoms with van der Waals surface area (Å²) in [7, 11) is -10.9. The maximum Gasteiger partial charge on any atom is 3.00 e. The summed E-state index contributed by atoms with van der Waals surface area (Å²) < 4.78 is 25.6. The molecule has 0 fully saturated rings. The monoisotopic (exact) mass is 362 g/mol. The zero-order chi connectivity index (χ0) is 10.7. The summed E-state index contributed by atoms with van der Waals surface area (Å²) in [6.45, 7) is 0.